The van der Waals surface area contributed by atoms with Crippen molar-refractivity contribution in [3.63, 3.8) is 0 Å². The Balaban J connectivity index is 1.97. The average Bonchev–Trinajstić information content (AvgIpc) is 2.89. The third kappa shape index (κ3) is 2.19. The Morgan fingerprint density at radius 2 is 2.16 bits per heavy atom. The Morgan fingerprint density at radius 3 is 2.84 bits per heavy atom. The van der Waals surface area contributed by atoms with Crippen LogP contribution in [0.4, 0.5) is 0 Å². The van der Waals surface area contributed by atoms with Crippen molar-refractivity contribution >= 4 is 17.7 Å². The van der Waals surface area contributed by atoms with Crippen LogP contribution in [0.25, 0.3) is 11.3 Å². The molecule has 0 radical (unpaired) electrons. The van der Waals surface area contributed by atoms with E-state index in [4.69, 9.17) is 14.4 Å². The average molecular weight is 277 g/mol. The molecule has 1 aliphatic rings. The normalized spacial score (nSPS) is 15.9. The van der Waals surface area contributed by atoms with Crippen molar-refractivity contribution in [2.45, 2.75) is 23.7 Å². The molecular weight excluding hydrogens is 266 g/mol. The lowest BCUT2D eigenvalue weighted by Gasteiger charge is -2.15. The van der Waals surface area contributed by atoms with E-state index in [0.717, 1.165) is 16.2 Å². The Bertz CT molecular complexity index is 662. The van der Waals surface area contributed by atoms with Gasteiger partial charge in [-0.2, -0.15) is 0 Å². The third-order valence-corrected chi connectivity index (χ3v) is 3.80. The molecule has 0 saturated carbocycles. The maximum atomic E-state index is 10.8. The van der Waals surface area contributed by atoms with E-state index in [1.54, 1.807) is 11.8 Å². The van der Waals surface area contributed by atoms with E-state index in [1.807, 2.05) is 32.0 Å². The molecular formula is C13H11NO4S. The Hall–Kier alpha value is -1.95. The predicted molar refractivity (Wildman–Crippen MR) is 69.5 cm³/mol. The highest BCUT2D eigenvalue weighted by molar-refractivity contribution is 8.00. The SMILES string of the molecule is CC1(C)Oc2cc(-c3cc(C(=O)O)on3)ccc2S1. The van der Waals surface area contributed by atoms with Crippen molar-refractivity contribution in [3.05, 3.63) is 30.0 Å². The second-order valence-electron chi connectivity index (χ2n) is 4.65. The van der Waals surface area contributed by atoms with Crippen LogP contribution in [0.1, 0.15) is 24.4 Å². The molecule has 0 bridgehead atoms. The van der Waals surface area contributed by atoms with Gasteiger partial charge < -0.3 is 14.4 Å². The van der Waals surface area contributed by atoms with Crippen LogP contribution in [0.3, 0.4) is 0 Å². The van der Waals surface area contributed by atoms with Crippen molar-refractivity contribution in [1.29, 1.82) is 0 Å². The molecule has 0 unspecified atom stereocenters. The van der Waals surface area contributed by atoms with Crippen molar-refractivity contribution in [2.75, 3.05) is 0 Å². The summed E-state index contributed by atoms with van der Waals surface area (Å²) in [5.74, 6) is -0.522. The Morgan fingerprint density at radius 1 is 1.37 bits per heavy atom. The molecule has 3 rings (SSSR count). The van der Waals surface area contributed by atoms with E-state index in [2.05, 4.69) is 5.16 Å². The summed E-state index contributed by atoms with van der Waals surface area (Å²) in [6, 6.07) is 7.07. The van der Waals surface area contributed by atoms with E-state index >= 15 is 0 Å². The zero-order valence-electron chi connectivity index (χ0n) is 10.3. The summed E-state index contributed by atoms with van der Waals surface area (Å²) < 4.78 is 10.5. The van der Waals surface area contributed by atoms with E-state index in [0.29, 0.717) is 5.69 Å². The van der Waals surface area contributed by atoms with Crippen molar-refractivity contribution in [3.8, 4) is 17.0 Å². The lowest BCUT2D eigenvalue weighted by Crippen LogP contribution is -2.17. The first-order valence-corrected chi connectivity index (χ1v) is 6.49. The number of rotatable bonds is 2. The highest BCUT2D eigenvalue weighted by Crippen LogP contribution is 2.48. The minimum absolute atomic E-state index is 0.175. The molecule has 1 aliphatic heterocycles. The second-order valence-corrected chi connectivity index (χ2v) is 6.27. The standard InChI is InChI=1S/C13H11NO4S/c1-13(2)17-9-5-7(3-4-11(9)19-13)8-6-10(12(15)16)18-14-8/h3-6H,1-2H3,(H,15,16). The maximum Gasteiger partial charge on any atom is 0.374 e. The van der Waals surface area contributed by atoms with Gasteiger partial charge in [-0.15, -0.1) is 0 Å². The van der Waals surface area contributed by atoms with Crippen LogP contribution in [-0.4, -0.2) is 21.2 Å². The number of fused-ring (bicyclic) bond motifs is 1. The van der Waals surface area contributed by atoms with Crippen LogP contribution in [0, 0.1) is 0 Å². The van der Waals surface area contributed by atoms with Gasteiger partial charge in [0.15, 0.2) is 4.93 Å². The molecule has 0 fully saturated rings. The molecule has 0 spiro atoms. The summed E-state index contributed by atoms with van der Waals surface area (Å²) >= 11 is 1.65. The molecule has 0 aliphatic carbocycles. The first-order chi connectivity index (χ1) is 8.94. The molecule has 0 atom stereocenters. The summed E-state index contributed by atoms with van der Waals surface area (Å²) in [4.78, 5) is 11.5. The van der Waals surface area contributed by atoms with E-state index in [-0.39, 0.29) is 10.7 Å². The topological polar surface area (TPSA) is 72.6 Å². The van der Waals surface area contributed by atoms with Crippen LogP contribution < -0.4 is 4.74 Å². The third-order valence-electron chi connectivity index (χ3n) is 2.67. The number of hydrogen-bond acceptors (Lipinski definition) is 5. The quantitative estimate of drug-likeness (QED) is 0.908. The fourth-order valence-electron chi connectivity index (χ4n) is 1.89. The van der Waals surface area contributed by atoms with E-state index in [9.17, 15) is 4.79 Å². The van der Waals surface area contributed by atoms with Crippen LogP contribution in [0.5, 0.6) is 5.75 Å². The number of nitrogens with zero attached hydrogens (tertiary/aromatic N) is 1. The number of thioether (sulfide) groups is 1. The second kappa shape index (κ2) is 4.03. The van der Waals surface area contributed by atoms with Gasteiger partial charge in [0.2, 0.25) is 5.76 Å². The lowest BCUT2D eigenvalue weighted by molar-refractivity contribution is 0.0652. The smallest absolute Gasteiger partial charge is 0.374 e. The number of carboxylic acid groups (broad SMARTS) is 1. The van der Waals surface area contributed by atoms with Crippen molar-refractivity contribution in [2.24, 2.45) is 0 Å². The fraction of sp³-hybridized carbons (Fsp3) is 0.231. The number of benzene rings is 1. The minimum Gasteiger partial charge on any atom is -0.476 e. The molecule has 2 heterocycles. The summed E-state index contributed by atoms with van der Waals surface area (Å²) in [6.07, 6.45) is 0. The Labute approximate surface area is 113 Å². The van der Waals surface area contributed by atoms with E-state index in [1.165, 1.54) is 6.07 Å². The van der Waals surface area contributed by atoms with Crippen molar-refractivity contribution < 1.29 is 19.2 Å². The zero-order chi connectivity index (χ0) is 13.6. The molecule has 1 aromatic carbocycles. The molecule has 98 valence electrons. The molecule has 0 saturated heterocycles. The van der Waals surface area contributed by atoms with Gasteiger partial charge in [-0.3, -0.25) is 0 Å². The maximum absolute atomic E-state index is 10.8. The van der Waals surface area contributed by atoms with Crippen LogP contribution in [-0.2, 0) is 0 Å². The first kappa shape index (κ1) is 12.1. The largest absolute Gasteiger partial charge is 0.476 e. The number of carbonyl (C=O) groups is 1. The molecule has 0 amide bonds. The molecule has 6 heteroatoms. The molecule has 2 aromatic rings. The minimum atomic E-state index is -1.13. The van der Waals surface area contributed by atoms with Gasteiger partial charge in [-0.25, -0.2) is 4.79 Å². The Kier molecular flexibility index (Phi) is 2.56. The number of ether oxygens (including phenoxy) is 1. The van der Waals surface area contributed by atoms with Gasteiger partial charge in [0.25, 0.3) is 0 Å². The van der Waals surface area contributed by atoms with Crippen LogP contribution in [0.15, 0.2) is 33.7 Å². The molecule has 1 aromatic heterocycles. The molecule has 1 N–H and O–H groups in total. The number of aromatic carboxylic acids is 1. The van der Waals surface area contributed by atoms with Gasteiger partial charge in [-0.1, -0.05) is 23.0 Å². The summed E-state index contributed by atoms with van der Waals surface area (Å²) in [5.41, 5.74) is 1.26. The number of aromatic nitrogens is 1. The molecule has 19 heavy (non-hydrogen) atoms. The number of hydrogen-bond donors (Lipinski definition) is 1. The van der Waals surface area contributed by atoms with Crippen LogP contribution in [0.2, 0.25) is 0 Å². The summed E-state index contributed by atoms with van der Waals surface area (Å²) in [5, 5.41) is 12.6. The van der Waals surface area contributed by atoms with Gasteiger partial charge >= 0.3 is 5.97 Å². The predicted octanol–water partition coefficient (Wildman–Crippen LogP) is 3.26. The zero-order valence-corrected chi connectivity index (χ0v) is 11.2. The highest BCUT2D eigenvalue weighted by atomic mass is 32.2. The summed E-state index contributed by atoms with van der Waals surface area (Å²) in [6.45, 7) is 3.99. The van der Waals surface area contributed by atoms with Gasteiger partial charge in [0, 0.05) is 11.6 Å². The molecule has 5 nitrogen and oxygen atoms in total. The van der Waals surface area contributed by atoms with Gasteiger partial charge in [-0.05, 0) is 26.0 Å². The highest BCUT2D eigenvalue weighted by Gasteiger charge is 2.31. The fourth-order valence-corrected chi connectivity index (χ4v) is 2.89. The van der Waals surface area contributed by atoms with E-state index < -0.39 is 5.97 Å². The monoisotopic (exact) mass is 277 g/mol. The number of carboxylic acids is 1. The first-order valence-electron chi connectivity index (χ1n) is 5.67. The summed E-state index contributed by atoms with van der Waals surface area (Å²) in [7, 11) is 0. The van der Waals surface area contributed by atoms with Gasteiger partial charge in [0.1, 0.15) is 11.4 Å². The van der Waals surface area contributed by atoms with Crippen LogP contribution >= 0.6 is 11.8 Å². The van der Waals surface area contributed by atoms with Crippen molar-refractivity contribution in [1.82, 2.24) is 5.16 Å². The van der Waals surface area contributed by atoms with Gasteiger partial charge in [0.05, 0.1) is 4.90 Å². The lowest BCUT2D eigenvalue weighted by atomic mass is 10.1.